The summed E-state index contributed by atoms with van der Waals surface area (Å²) in [5, 5.41) is -1.82. The Morgan fingerprint density at radius 2 is 0.649 bits per heavy atom. The molecule has 0 radical (unpaired) electrons. The molecule has 0 atom stereocenters. The molecule has 1 aromatic heterocycles. The maximum Gasteiger partial charge on any atom is 0.378 e. The molecule has 18 heteroatoms. The Hall–Kier alpha value is -3.42. The van der Waals surface area contributed by atoms with Gasteiger partial charge in [-0.3, -0.25) is 0 Å². The van der Waals surface area contributed by atoms with Crippen molar-refractivity contribution in [2.75, 3.05) is 19.8 Å². The molecule has 57 heavy (non-hydrogen) atoms. The van der Waals surface area contributed by atoms with Gasteiger partial charge >= 0.3 is 33.0 Å². The van der Waals surface area contributed by atoms with E-state index in [4.69, 9.17) is 14.2 Å². The maximum atomic E-state index is 13.5. The molecular weight excluding hydrogens is 847 g/mol. The average molecular weight is 892 g/mol. The number of rotatable bonds is 18. The van der Waals surface area contributed by atoms with E-state index in [1.165, 1.54) is 32.4 Å². The zero-order valence-corrected chi connectivity index (χ0v) is 37.4. The number of hydrogen-bond donors (Lipinski definition) is 0. The number of benzene rings is 3. The second kappa shape index (κ2) is 23.2. The quantitative estimate of drug-likeness (QED) is 0.0531. The molecule has 0 amide bonds. The van der Waals surface area contributed by atoms with Gasteiger partial charge in [-0.05, 0) is 58.2 Å². The van der Waals surface area contributed by atoms with Crippen molar-refractivity contribution in [1.82, 2.24) is 13.7 Å². The third kappa shape index (κ3) is 15.7. The lowest BCUT2D eigenvalue weighted by Gasteiger charge is -2.14. The molecule has 3 aromatic carbocycles. The number of carbonyl (C=O) groups excluding carboxylic acids is 3. The molecule has 0 aliphatic carbocycles. The van der Waals surface area contributed by atoms with Gasteiger partial charge in [-0.2, -0.15) is 0 Å². The largest absolute Gasteiger partial charge is 0.455 e. The van der Waals surface area contributed by atoms with Crippen LogP contribution in [0.4, 0.5) is 14.4 Å². The zero-order valence-electron chi connectivity index (χ0n) is 32.5. The molecule has 4 aromatic rings. The molecular formula is C39H45N3O9S6. The Balaban J connectivity index is 1.36. The first-order valence-corrected chi connectivity index (χ1v) is 24.7. The summed E-state index contributed by atoms with van der Waals surface area (Å²) in [6.45, 7) is 10.0. The van der Waals surface area contributed by atoms with E-state index in [-0.39, 0.29) is 39.5 Å². The summed E-state index contributed by atoms with van der Waals surface area (Å²) in [6.07, 6.45) is 0. The summed E-state index contributed by atoms with van der Waals surface area (Å²) in [5.41, 5.74) is 7.03. The zero-order chi connectivity index (χ0) is 41.5. The number of carbonyl (C=O) groups is 3. The number of hydrogen-bond acceptors (Lipinski definition) is 15. The van der Waals surface area contributed by atoms with Gasteiger partial charge in [0.1, 0.15) is 19.8 Å². The minimum atomic E-state index is -0.961. The maximum absolute atomic E-state index is 13.5. The lowest BCUT2D eigenvalue weighted by atomic mass is 10.1. The first kappa shape index (κ1) is 46.3. The van der Waals surface area contributed by atoms with E-state index in [0.717, 1.165) is 96.2 Å². The predicted octanol–water partition coefficient (Wildman–Crippen LogP) is 9.18. The number of nitrogens with zero attached hydrogens (tertiary/aromatic N) is 3. The van der Waals surface area contributed by atoms with Crippen molar-refractivity contribution in [2.24, 2.45) is 0 Å². The van der Waals surface area contributed by atoms with Gasteiger partial charge in [0.15, 0.2) is 0 Å². The molecule has 0 aliphatic rings. The van der Waals surface area contributed by atoms with Gasteiger partial charge in [0.25, 0.3) is 0 Å². The van der Waals surface area contributed by atoms with Gasteiger partial charge in [0, 0.05) is 49.6 Å². The van der Waals surface area contributed by atoms with Crippen LogP contribution in [-0.4, -0.2) is 49.4 Å². The molecule has 0 fully saturated rings. The van der Waals surface area contributed by atoms with Crippen LogP contribution in [0.1, 0.15) is 50.1 Å². The van der Waals surface area contributed by atoms with Gasteiger partial charge in [0.05, 0.1) is 19.6 Å². The van der Waals surface area contributed by atoms with Crippen LogP contribution in [0.15, 0.2) is 69.0 Å². The molecule has 306 valence electrons. The summed E-state index contributed by atoms with van der Waals surface area (Å²) in [7, 11) is 6.58. The minimum Gasteiger partial charge on any atom is -0.455 e. The molecule has 0 saturated heterocycles. The Morgan fingerprint density at radius 1 is 0.421 bits per heavy atom. The molecule has 0 aliphatic heterocycles. The molecule has 12 nitrogen and oxygen atoms in total. The number of aromatic nitrogens is 3. The van der Waals surface area contributed by atoms with E-state index in [1.54, 1.807) is 0 Å². The molecule has 1 heterocycles. The highest BCUT2D eigenvalue weighted by Crippen LogP contribution is 2.30. The predicted molar refractivity (Wildman–Crippen MR) is 238 cm³/mol. The third-order valence-corrected chi connectivity index (χ3v) is 13.7. The van der Waals surface area contributed by atoms with Crippen LogP contribution in [-0.2, 0) is 51.1 Å². The van der Waals surface area contributed by atoms with Crippen LogP contribution in [0.2, 0.25) is 0 Å². The van der Waals surface area contributed by atoms with Crippen LogP contribution >= 0.6 is 64.8 Å². The Kier molecular flexibility index (Phi) is 18.9. The van der Waals surface area contributed by atoms with Gasteiger partial charge in [-0.1, -0.05) is 120 Å². The van der Waals surface area contributed by atoms with Crippen LogP contribution in [0.25, 0.3) is 0 Å². The van der Waals surface area contributed by atoms with Crippen LogP contribution in [0.5, 0.6) is 0 Å². The van der Waals surface area contributed by atoms with Crippen molar-refractivity contribution in [2.45, 2.75) is 78.4 Å². The lowest BCUT2D eigenvalue weighted by molar-refractivity contribution is 0.162. The Bertz CT molecular complexity index is 1900. The lowest BCUT2D eigenvalue weighted by Crippen LogP contribution is -2.55. The SMILES string of the molecule is Cc1cc(C)cc(CSSC(=O)OCCn2c(=O)n(CCOC(=O)SSCc3cc(C)cc(C)c3)c(=O)n(CCOC(=O)SSCc3cc(C)cc(C)c3)c2=O)c1. The van der Waals surface area contributed by atoms with E-state index in [9.17, 15) is 28.8 Å². The fraction of sp³-hybridized carbons (Fsp3) is 0.385. The second-order valence-corrected chi connectivity index (χ2v) is 19.8. The summed E-state index contributed by atoms with van der Waals surface area (Å²) < 4.78 is 18.2. The van der Waals surface area contributed by atoms with Crippen LogP contribution in [0, 0.1) is 41.5 Å². The van der Waals surface area contributed by atoms with Crippen molar-refractivity contribution in [3.63, 3.8) is 0 Å². The minimum absolute atomic E-state index is 0.323. The monoisotopic (exact) mass is 891 g/mol. The topological polar surface area (TPSA) is 145 Å². The summed E-state index contributed by atoms with van der Waals surface area (Å²) >= 11 is 0. The van der Waals surface area contributed by atoms with Gasteiger partial charge in [-0.15, -0.1) is 0 Å². The Labute approximate surface area is 355 Å². The fourth-order valence-corrected chi connectivity index (χ4v) is 10.7. The molecule has 0 spiro atoms. The van der Waals surface area contributed by atoms with E-state index in [1.807, 2.05) is 77.9 Å². The van der Waals surface area contributed by atoms with Crippen molar-refractivity contribution in [3.8, 4) is 0 Å². The van der Waals surface area contributed by atoms with Gasteiger partial charge < -0.3 is 14.2 Å². The van der Waals surface area contributed by atoms with Crippen molar-refractivity contribution < 1.29 is 28.6 Å². The summed E-state index contributed by atoms with van der Waals surface area (Å²) in [6, 6.07) is 18.4. The highest BCUT2D eigenvalue weighted by Gasteiger charge is 2.18. The molecule has 0 N–H and O–H groups in total. The third-order valence-electron chi connectivity index (χ3n) is 7.89. The van der Waals surface area contributed by atoms with Crippen molar-refractivity contribution in [3.05, 3.63) is 136 Å². The van der Waals surface area contributed by atoms with Crippen molar-refractivity contribution in [1.29, 1.82) is 0 Å². The molecule has 0 saturated carbocycles. The standard InChI is InChI=1S/C39H45N3O9S6/c1-25-13-26(2)17-31(16-25)22-52-55-37(46)49-10-7-40-34(43)41(8-11-50-38(47)56-53-23-32-18-27(3)14-28(4)19-32)36(45)42(35(40)44)9-12-51-39(48)57-54-24-33-20-29(5)15-30(6)21-33/h13-21H,7-12,22-24H2,1-6H3. The smallest absolute Gasteiger partial charge is 0.378 e. The molecule has 0 unspecified atom stereocenters. The number of aryl methyl sites for hydroxylation is 6. The number of ether oxygens (including phenoxy) is 3. The van der Waals surface area contributed by atoms with E-state index < -0.39 is 33.0 Å². The molecule has 4 rings (SSSR count). The highest BCUT2D eigenvalue weighted by molar-refractivity contribution is 8.82. The fourth-order valence-electron chi connectivity index (χ4n) is 5.88. The first-order valence-electron chi connectivity index (χ1n) is 17.7. The molecule has 0 bridgehead atoms. The summed E-state index contributed by atoms with van der Waals surface area (Å²) in [5.74, 6) is 1.71. The van der Waals surface area contributed by atoms with E-state index in [2.05, 4.69) is 18.2 Å². The highest BCUT2D eigenvalue weighted by atomic mass is 33.1. The van der Waals surface area contributed by atoms with Crippen LogP contribution < -0.4 is 17.1 Å². The normalized spacial score (nSPS) is 11.1. The summed E-state index contributed by atoms with van der Waals surface area (Å²) in [4.78, 5) is 77.8. The van der Waals surface area contributed by atoms with Crippen molar-refractivity contribution >= 4 is 80.7 Å². The average Bonchev–Trinajstić information content (AvgIpc) is 3.11. The second-order valence-electron chi connectivity index (χ2n) is 13.1. The Morgan fingerprint density at radius 3 is 0.877 bits per heavy atom. The van der Waals surface area contributed by atoms with Crippen LogP contribution in [0.3, 0.4) is 0 Å². The van der Waals surface area contributed by atoms with E-state index >= 15 is 0 Å². The van der Waals surface area contributed by atoms with E-state index in [0.29, 0.717) is 17.3 Å². The first-order chi connectivity index (χ1) is 27.2. The van der Waals surface area contributed by atoms with Gasteiger partial charge in [-0.25, -0.2) is 42.5 Å². The van der Waals surface area contributed by atoms with Gasteiger partial charge in [0.2, 0.25) is 0 Å².